The van der Waals surface area contributed by atoms with E-state index in [-0.39, 0.29) is 22.8 Å². The standard InChI is InChI=1S/C16H25N3O3/c1-12-6-5-7-15(19(20)21)16(12)17(4)8-9-18-10-13(2)22-14(3)11-18/h5-7,13-14H,8-11H2,1-4H3/t13-,14+. The summed E-state index contributed by atoms with van der Waals surface area (Å²) in [6.45, 7) is 9.53. The number of rotatable bonds is 5. The maximum atomic E-state index is 11.2. The molecule has 2 atom stereocenters. The number of nitro groups is 1. The zero-order valence-electron chi connectivity index (χ0n) is 13.8. The molecule has 6 heteroatoms. The van der Waals surface area contributed by atoms with Gasteiger partial charge in [0.05, 0.1) is 17.1 Å². The first-order valence-electron chi connectivity index (χ1n) is 7.71. The fraction of sp³-hybridized carbons (Fsp3) is 0.625. The van der Waals surface area contributed by atoms with Crippen LogP contribution in [0.2, 0.25) is 0 Å². The van der Waals surface area contributed by atoms with Crippen LogP contribution in [-0.4, -0.2) is 55.3 Å². The van der Waals surface area contributed by atoms with Crippen LogP contribution in [0.4, 0.5) is 11.4 Å². The van der Waals surface area contributed by atoms with Crippen molar-refractivity contribution >= 4 is 11.4 Å². The van der Waals surface area contributed by atoms with E-state index in [1.54, 1.807) is 12.1 Å². The first-order valence-corrected chi connectivity index (χ1v) is 7.71. The van der Waals surface area contributed by atoms with Crippen LogP contribution in [0, 0.1) is 17.0 Å². The van der Waals surface area contributed by atoms with E-state index >= 15 is 0 Å². The van der Waals surface area contributed by atoms with Gasteiger partial charge in [0.15, 0.2) is 0 Å². The number of para-hydroxylation sites is 1. The molecule has 0 spiro atoms. The molecule has 22 heavy (non-hydrogen) atoms. The van der Waals surface area contributed by atoms with Crippen molar-refractivity contribution in [1.82, 2.24) is 4.90 Å². The Kier molecular flexibility index (Phi) is 5.37. The Morgan fingerprint density at radius 3 is 2.59 bits per heavy atom. The molecule has 1 aliphatic rings. The molecule has 1 heterocycles. The van der Waals surface area contributed by atoms with Crippen LogP contribution >= 0.6 is 0 Å². The fourth-order valence-electron chi connectivity index (χ4n) is 3.16. The molecule has 6 nitrogen and oxygen atoms in total. The van der Waals surface area contributed by atoms with E-state index in [0.717, 1.165) is 31.7 Å². The largest absolute Gasteiger partial charge is 0.373 e. The van der Waals surface area contributed by atoms with Crippen molar-refractivity contribution in [3.05, 3.63) is 33.9 Å². The summed E-state index contributed by atoms with van der Waals surface area (Å²) in [4.78, 5) is 15.3. The van der Waals surface area contributed by atoms with Crippen molar-refractivity contribution in [3.63, 3.8) is 0 Å². The van der Waals surface area contributed by atoms with Crippen molar-refractivity contribution in [2.75, 3.05) is 38.1 Å². The quantitative estimate of drug-likeness (QED) is 0.618. The van der Waals surface area contributed by atoms with E-state index in [0.29, 0.717) is 5.69 Å². The highest BCUT2D eigenvalue weighted by molar-refractivity contribution is 5.67. The summed E-state index contributed by atoms with van der Waals surface area (Å²) in [5.74, 6) is 0. The second kappa shape index (κ2) is 7.07. The highest BCUT2D eigenvalue weighted by Gasteiger charge is 2.23. The molecule has 0 amide bonds. The summed E-state index contributed by atoms with van der Waals surface area (Å²) >= 11 is 0. The van der Waals surface area contributed by atoms with E-state index in [2.05, 4.69) is 18.7 Å². The van der Waals surface area contributed by atoms with Crippen molar-refractivity contribution in [2.24, 2.45) is 0 Å². The van der Waals surface area contributed by atoms with Gasteiger partial charge in [-0.15, -0.1) is 0 Å². The molecule has 0 aliphatic carbocycles. The summed E-state index contributed by atoms with van der Waals surface area (Å²) in [5, 5.41) is 11.2. The van der Waals surface area contributed by atoms with Gasteiger partial charge in [-0.25, -0.2) is 0 Å². The minimum Gasteiger partial charge on any atom is -0.373 e. The van der Waals surface area contributed by atoms with Gasteiger partial charge < -0.3 is 9.64 Å². The highest BCUT2D eigenvalue weighted by Crippen LogP contribution is 2.30. The van der Waals surface area contributed by atoms with E-state index in [4.69, 9.17) is 4.74 Å². The predicted molar refractivity (Wildman–Crippen MR) is 87.6 cm³/mol. The lowest BCUT2D eigenvalue weighted by Gasteiger charge is -2.36. The number of ether oxygens (including phenoxy) is 1. The summed E-state index contributed by atoms with van der Waals surface area (Å²) in [6.07, 6.45) is 0.476. The lowest BCUT2D eigenvalue weighted by atomic mass is 10.1. The Bertz CT molecular complexity index is 525. The van der Waals surface area contributed by atoms with Gasteiger partial charge in [-0.1, -0.05) is 12.1 Å². The number of anilines is 1. The molecule has 0 radical (unpaired) electrons. The van der Waals surface area contributed by atoms with Gasteiger partial charge in [-0.3, -0.25) is 15.0 Å². The minimum atomic E-state index is -0.308. The molecule has 0 N–H and O–H groups in total. The number of benzene rings is 1. The molecule has 1 fully saturated rings. The van der Waals surface area contributed by atoms with E-state index < -0.39 is 0 Å². The number of hydrogen-bond acceptors (Lipinski definition) is 5. The number of nitrogens with zero attached hydrogens (tertiary/aromatic N) is 3. The summed E-state index contributed by atoms with van der Waals surface area (Å²) in [7, 11) is 1.92. The second-order valence-electron chi connectivity index (χ2n) is 6.14. The first kappa shape index (κ1) is 16.7. The molecule has 0 bridgehead atoms. The van der Waals surface area contributed by atoms with Crippen LogP contribution in [0.5, 0.6) is 0 Å². The molecule has 0 aromatic heterocycles. The first-order chi connectivity index (χ1) is 10.4. The SMILES string of the molecule is Cc1cccc([N+](=O)[O-])c1N(C)CCN1C[C@@H](C)O[C@@H](C)C1. The Morgan fingerprint density at radius 1 is 1.36 bits per heavy atom. The van der Waals surface area contributed by atoms with Crippen LogP contribution in [0.1, 0.15) is 19.4 Å². The molecule has 1 aliphatic heterocycles. The third-order valence-corrected chi connectivity index (χ3v) is 4.04. The Morgan fingerprint density at radius 2 is 2.00 bits per heavy atom. The van der Waals surface area contributed by atoms with Gasteiger partial charge in [-0.2, -0.15) is 0 Å². The van der Waals surface area contributed by atoms with Crippen LogP contribution in [-0.2, 0) is 4.74 Å². The normalized spacial score (nSPS) is 22.5. The molecule has 0 saturated carbocycles. The fourth-order valence-corrected chi connectivity index (χ4v) is 3.16. The third kappa shape index (κ3) is 3.96. The second-order valence-corrected chi connectivity index (χ2v) is 6.14. The lowest BCUT2D eigenvalue weighted by molar-refractivity contribution is -0.384. The van der Waals surface area contributed by atoms with Crippen molar-refractivity contribution in [3.8, 4) is 0 Å². The zero-order valence-corrected chi connectivity index (χ0v) is 13.8. The zero-order chi connectivity index (χ0) is 16.3. The monoisotopic (exact) mass is 307 g/mol. The average molecular weight is 307 g/mol. The Hall–Kier alpha value is -1.66. The number of aryl methyl sites for hydroxylation is 1. The third-order valence-electron chi connectivity index (χ3n) is 4.04. The maximum Gasteiger partial charge on any atom is 0.292 e. The Labute approximate surface area is 131 Å². The van der Waals surface area contributed by atoms with Crippen LogP contribution in [0.3, 0.4) is 0 Å². The van der Waals surface area contributed by atoms with Gasteiger partial charge in [0, 0.05) is 39.3 Å². The average Bonchev–Trinajstić information content (AvgIpc) is 2.43. The van der Waals surface area contributed by atoms with Gasteiger partial charge >= 0.3 is 0 Å². The number of likely N-dealkylation sites (N-methyl/N-ethyl adjacent to an activating group) is 1. The van der Waals surface area contributed by atoms with Gasteiger partial charge in [0.2, 0.25) is 0 Å². The van der Waals surface area contributed by atoms with E-state index in [1.165, 1.54) is 0 Å². The smallest absolute Gasteiger partial charge is 0.292 e. The van der Waals surface area contributed by atoms with Gasteiger partial charge in [-0.05, 0) is 26.3 Å². The molecular weight excluding hydrogens is 282 g/mol. The van der Waals surface area contributed by atoms with E-state index in [1.807, 2.05) is 24.9 Å². The van der Waals surface area contributed by atoms with Crippen LogP contribution < -0.4 is 4.90 Å². The molecule has 0 unspecified atom stereocenters. The van der Waals surface area contributed by atoms with Crippen molar-refractivity contribution < 1.29 is 9.66 Å². The summed E-state index contributed by atoms with van der Waals surface area (Å²) in [6, 6.07) is 5.21. The molecule has 2 rings (SSSR count). The summed E-state index contributed by atoms with van der Waals surface area (Å²) < 4.78 is 5.73. The topological polar surface area (TPSA) is 58.9 Å². The van der Waals surface area contributed by atoms with E-state index in [9.17, 15) is 10.1 Å². The lowest BCUT2D eigenvalue weighted by Crippen LogP contribution is -2.47. The molecular formula is C16H25N3O3. The van der Waals surface area contributed by atoms with Crippen LogP contribution in [0.15, 0.2) is 18.2 Å². The van der Waals surface area contributed by atoms with Crippen molar-refractivity contribution in [2.45, 2.75) is 33.0 Å². The summed E-state index contributed by atoms with van der Waals surface area (Å²) in [5.41, 5.74) is 1.81. The molecule has 122 valence electrons. The van der Waals surface area contributed by atoms with Gasteiger partial charge in [0.25, 0.3) is 5.69 Å². The Balaban J connectivity index is 2.04. The van der Waals surface area contributed by atoms with Crippen molar-refractivity contribution in [1.29, 1.82) is 0 Å². The maximum absolute atomic E-state index is 11.2. The number of nitro benzene ring substituents is 1. The predicted octanol–water partition coefficient (Wildman–Crippen LogP) is 2.45. The highest BCUT2D eigenvalue weighted by atomic mass is 16.6. The molecule has 1 aromatic rings. The minimum absolute atomic E-state index is 0.172. The molecule has 1 saturated heterocycles. The molecule has 1 aromatic carbocycles. The van der Waals surface area contributed by atoms with Crippen LogP contribution in [0.25, 0.3) is 0 Å². The number of morpholine rings is 1. The van der Waals surface area contributed by atoms with Gasteiger partial charge in [0.1, 0.15) is 5.69 Å². The number of hydrogen-bond donors (Lipinski definition) is 0.